The Hall–Kier alpha value is -1.56. The maximum atomic E-state index is 13.2. The summed E-state index contributed by atoms with van der Waals surface area (Å²) >= 11 is 0. The van der Waals surface area contributed by atoms with E-state index in [1.807, 2.05) is 0 Å². The lowest BCUT2D eigenvalue weighted by atomic mass is 10.1. The molecule has 0 aliphatic carbocycles. The zero-order valence-electron chi connectivity index (χ0n) is 9.70. The molecule has 0 atom stereocenters. The second-order valence-corrected chi connectivity index (χ2v) is 4.08. The van der Waals surface area contributed by atoms with Crippen LogP contribution in [0.4, 0.5) is 18.9 Å². The molecule has 0 bridgehead atoms. The van der Waals surface area contributed by atoms with Crippen molar-refractivity contribution in [1.82, 2.24) is 5.32 Å². The van der Waals surface area contributed by atoms with Crippen LogP contribution < -0.4 is 10.6 Å². The summed E-state index contributed by atoms with van der Waals surface area (Å²) in [7, 11) is 1.56. The Bertz CT molecular complexity index is 447. The fourth-order valence-corrected chi connectivity index (χ4v) is 1.01. The molecule has 1 aromatic carbocycles. The van der Waals surface area contributed by atoms with Crippen LogP contribution in [0.1, 0.15) is 13.8 Å². The number of benzene rings is 1. The molecular formula is C11H13F3N2O. The minimum atomic E-state index is -1.30. The van der Waals surface area contributed by atoms with Gasteiger partial charge in [0.05, 0.1) is 11.2 Å². The third-order valence-corrected chi connectivity index (χ3v) is 2.45. The predicted octanol–water partition coefficient (Wildman–Crippen LogP) is 2.04. The molecule has 0 unspecified atom stereocenters. The molecule has 0 heterocycles. The summed E-state index contributed by atoms with van der Waals surface area (Å²) in [5, 5.41) is 4.89. The molecular weight excluding hydrogens is 233 g/mol. The standard InChI is InChI=1S/C11H13F3N2O/c1-11(2,15-3)10(17)16-9-5-7(13)6(12)4-8(9)14/h4-5,15H,1-3H3,(H,16,17). The van der Waals surface area contributed by atoms with Gasteiger partial charge in [-0.05, 0) is 20.9 Å². The first-order chi connectivity index (χ1) is 7.77. The van der Waals surface area contributed by atoms with Crippen LogP contribution in [-0.2, 0) is 4.79 Å². The third-order valence-electron chi connectivity index (χ3n) is 2.45. The van der Waals surface area contributed by atoms with E-state index in [1.165, 1.54) is 0 Å². The topological polar surface area (TPSA) is 41.1 Å². The van der Waals surface area contributed by atoms with E-state index in [2.05, 4.69) is 10.6 Å². The number of hydrogen-bond acceptors (Lipinski definition) is 2. The van der Waals surface area contributed by atoms with Crippen molar-refractivity contribution in [3.63, 3.8) is 0 Å². The molecule has 1 aromatic rings. The number of carbonyl (C=O) groups excluding carboxylic acids is 1. The van der Waals surface area contributed by atoms with E-state index < -0.39 is 34.6 Å². The van der Waals surface area contributed by atoms with Gasteiger partial charge in [-0.2, -0.15) is 0 Å². The maximum absolute atomic E-state index is 13.2. The summed E-state index contributed by atoms with van der Waals surface area (Å²) < 4.78 is 38.8. The van der Waals surface area contributed by atoms with E-state index in [1.54, 1.807) is 20.9 Å². The first-order valence-corrected chi connectivity index (χ1v) is 4.93. The molecule has 0 aromatic heterocycles. The summed E-state index contributed by atoms with van der Waals surface area (Å²) in [6, 6.07) is 0.992. The number of carbonyl (C=O) groups is 1. The summed E-state index contributed by atoms with van der Waals surface area (Å²) in [5.74, 6) is -4.09. The largest absolute Gasteiger partial charge is 0.322 e. The van der Waals surface area contributed by atoms with Crippen LogP contribution in [0, 0.1) is 17.5 Å². The first-order valence-electron chi connectivity index (χ1n) is 4.93. The lowest BCUT2D eigenvalue weighted by Gasteiger charge is -2.22. The number of anilines is 1. The highest BCUT2D eigenvalue weighted by Gasteiger charge is 2.26. The SMILES string of the molecule is CNC(C)(C)C(=O)Nc1cc(F)c(F)cc1F. The summed E-state index contributed by atoms with van der Waals surface area (Å²) in [6.45, 7) is 3.14. The minimum absolute atomic E-state index is 0.386. The van der Waals surface area contributed by atoms with Crippen LogP contribution in [0.2, 0.25) is 0 Å². The fraction of sp³-hybridized carbons (Fsp3) is 0.364. The van der Waals surface area contributed by atoms with Gasteiger partial charge in [-0.1, -0.05) is 0 Å². The maximum Gasteiger partial charge on any atom is 0.244 e. The van der Waals surface area contributed by atoms with Gasteiger partial charge in [0.2, 0.25) is 5.91 Å². The van der Waals surface area contributed by atoms with Gasteiger partial charge in [-0.3, -0.25) is 4.79 Å². The molecule has 0 saturated carbocycles. The van der Waals surface area contributed by atoms with Crippen LogP contribution in [0.25, 0.3) is 0 Å². The average molecular weight is 246 g/mol. The molecule has 6 heteroatoms. The van der Waals surface area contributed by atoms with E-state index in [0.29, 0.717) is 12.1 Å². The summed E-state index contributed by atoms with van der Waals surface area (Å²) in [5.41, 5.74) is -1.34. The molecule has 2 N–H and O–H groups in total. The molecule has 94 valence electrons. The Morgan fingerprint density at radius 3 is 2.18 bits per heavy atom. The molecule has 3 nitrogen and oxygen atoms in total. The Labute approximate surface area is 97.0 Å². The Kier molecular flexibility index (Phi) is 3.77. The van der Waals surface area contributed by atoms with Crippen LogP contribution in [0.15, 0.2) is 12.1 Å². The van der Waals surface area contributed by atoms with Gasteiger partial charge >= 0.3 is 0 Å². The Morgan fingerprint density at radius 2 is 1.65 bits per heavy atom. The van der Waals surface area contributed by atoms with Gasteiger partial charge in [0, 0.05) is 12.1 Å². The number of halogens is 3. The molecule has 0 aliphatic heterocycles. The van der Waals surface area contributed by atoms with E-state index in [9.17, 15) is 18.0 Å². The first kappa shape index (κ1) is 13.5. The van der Waals surface area contributed by atoms with Crippen molar-refractivity contribution in [2.45, 2.75) is 19.4 Å². The Morgan fingerprint density at radius 1 is 1.12 bits per heavy atom. The highest BCUT2D eigenvalue weighted by atomic mass is 19.2. The highest BCUT2D eigenvalue weighted by Crippen LogP contribution is 2.19. The van der Waals surface area contributed by atoms with Gasteiger partial charge in [0.25, 0.3) is 0 Å². The number of hydrogen-bond donors (Lipinski definition) is 2. The van der Waals surface area contributed by atoms with E-state index >= 15 is 0 Å². The van der Waals surface area contributed by atoms with Crippen molar-refractivity contribution in [3.05, 3.63) is 29.6 Å². The zero-order chi connectivity index (χ0) is 13.2. The lowest BCUT2D eigenvalue weighted by Crippen LogP contribution is -2.48. The van der Waals surface area contributed by atoms with Crippen molar-refractivity contribution in [2.24, 2.45) is 0 Å². The minimum Gasteiger partial charge on any atom is -0.322 e. The normalized spacial score (nSPS) is 11.4. The van der Waals surface area contributed by atoms with Crippen molar-refractivity contribution in [1.29, 1.82) is 0 Å². The van der Waals surface area contributed by atoms with Crippen LogP contribution in [0.5, 0.6) is 0 Å². The third kappa shape index (κ3) is 2.97. The molecule has 1 amide bonds. The zero-order valence-corrected chi connectivity index (χ0v) is 9.70. The van der Waals surface area contributed by atoms with Crippen molar-refractivity contribution in [3.8, 4) is 0 Å². The molecule has 1 rings (SSSR count). The van der Waals surface area contributed by atoms with Gasteiger partial charge in [0.15, 0.2) is 11.6 Å². The van der Waals surface area contributed by atoms with E-state index in [4.69, 9.17) is 0 Å². The van der Waals surface area contributed by atoms with Gasteiger partial charge in [-0.25, -0.2) is 13.2 Å². The molecule has 0 fully saturated rings. The second kappa shape index (κ2) is 4.75. The number of amides is 1. The summed E-state index contributed by atoms with van der Waals surface area (Å²) in [4.78, 5) is 11.7. The number of rotatable bonds is 3. The van der Waals surface area contributed by atoms with Crippen molar-refractivity contribution in [2.75, 3.05) is 12.4 Å². The van der Waals surface area contributed by atoms with Crippen LogP contribution in [-0.4, -0.2) is 18.5 Å². The van der Waals surface area contributed by atoms with Gasteiger partial charge in [0.1, 0.15) is 5.82 Å². The fourth-order valence-electron chi connectivity index (χ4n) is 1.01. The van der Waals surface area contributed by atoms with Crippen LogP contribution >= 0.6 is 0 Å². The summed E-state index contributed by atoms with van der Waals surface area (Å²) in [6.07, 6.45) is 0. The van der Waals surface area contributed by atoms with E-state index in [0.717, 1.165) is 0 Å². The van der Waals surface area contributed by atoms with Gasteiger partial charge < -0.3 is 10.6 Å². The molecule has 0 radical (unpaired) electrons. The monoisotopic (exact) mass is 246 g/mol. The number of likely N-dealkylation sites (N-methyl/N-ethyl adjacent to an activating group) is 1. The molecule has 0 aliphatic rings. The van der Waals surface area contributed by atoms with Crippen molar-refractivity contribution >= 4 is 11.6 Å². The molecule has 0 saturated heterocycles. The van der Waals surface area contributed by atoms with Crippen molar-refractivity contribution < 1.29 is 18.0 Å². The Balaban J connectivity index is 2.97. The molecule has 0 spiro atoms. The quantitative estimate of drug-likeness (QED) is 0.801. The molecule has 17 heavy (non-hydrogen) atoms. The number of nitrogens with one attached hydrogen (secondary N) is 2. The average Bonchev–Trinajstić information content (AvgIpc) is 2.25. The van der Waals surface area contributed by atoms with E-state index in [-0.39, 0.29) is 0 Å². The predicted molar refractivity (Wildman–Crippen MR) is 58.1 cm³/mol. The van der Waals surface area contributed by atoms with Crippen LogP contribution in [0.3, 0.4) is 0 Å². The van der Waals surface area contributed by atoms with Gasteiger partial charge in [-0.15, -0.1) is 0 Å². The smallest absolute Gasteiger partial charge is 0.244 e. The lowest BCUT2D eigenvalue weighted by molar-refractivity contribution is -0.121. The highest BCUT2D eigenvalue weighted by molar-refractivity contribution is 5.97. The second-order valence-electron chi connectivity index (χ2n) is 4.08.